The number of aliphatic imine (C=N–C) groups is 1. The van der Waals surface area contributed by atoms with E-state index in [9.17, 15) is 9.59 Å². The van der Waals surface area contributed by atoms with Gasteiger partial charge in [-0.2, -0.15) is 0 Å². The van der Waals surface area contributed by atoms with Crippen LogP contribution in [0, 0.1) is 6.92 Å². The van der Waals surface area contributed by atoms with Gasteiger partial charge in [0.1, 0.15) is 16.7 Å². The molecule has 8 heteroatoms. The molecule has 1 aliphatic heterocycles. The Balaban J connectivity index is 1.74. The van der Waals surface area contributed by atoms with Crippen molar-refractivity contribution in [2.24, 2.45) is 4.99 Å². The maximum atomic E-state index is 12.7. The Morgan fingerprint density at radius 3 is 2.61 bits per heavy atom. The molecular formula is C20H21N3O4S. The number of nitrogens with one attached hydrogen (secondary N) is 2. The molecule has 146 valence electrons. The number of carbonyl (C=O) groups is 2. The number of aryl methyl sites for hydroxylation is 1. The van der Waals surface area contributed by atoms with Crippen LogP contribution in [-0.2, 0) is 9.59 Å². The van der Waals surface area contributed by atoms with Crippen molar-refractivity contribution in [1.82, 2.24) is 5.32 Å². The zero-order chi connectivity index (χ0) is 20.1. The maximum Gasteiger partial charge on any atom is 0.238 e. The van der Waals surface area contributed by atoms with Gasteiger partial charge in [0.15, 0.2) is 5.17 Å². The lowest BCUT2D eigenvalue weighted by molar-refractivity contribution is -0.123. The van der Waals surface area contributed by atoms with Crippen molar-refractivity contribution in [2.45, 2.75) is 18.6 Å². The van der Waals surface area contributed by atoms with Crippen LogP contribution in [0.1, 0.15) is 12.0 Å². The summed E-state index contributed by atoms with van der Waals surface area (Å²) in [6.07, 6.45) is 0.0713. The number of amides is 2. The van der Waals surface area contributed by atoms with Crippen LogP contribution in [0.3, 0.4) is 0 Å². The largest absolute Gasteiger partial charge is 0.497 e. The molecule has 3 rings (SSSR count). The molecule has 1 fully saturated rings. The fourth-order valence-corrected chi connectivity index (χ4v) is 3.60. The monoisotopic (exact) mass is 399 g/mol. The van der Waals surface area contributed by atoms with Crippen molar-refractivity contribution in [3.05, 3.63) is 48.0 Å². The minimum Gasteiger partial charge on any atom is -0.497 e. The summed E-state index contributed by atoms with van der Waals surface area (Å²) >= 11 is 1.22. The average Bonchev–Trinajstić information content (AvgIpc) is 2.69. The SMILES string of the molecule is COc1ccc(NC(=O)[C@@H]2CC(=O)NC(=Nc3ccc(C)cc3)S2)c(OC)c1. The molecule has 2 N–H and O–H groups in total. The lowest BCUT2D eigenvalue weighted by Crippen LogP contribution is -2.41. The Morgan fingerprint density at radius 2 is 1.93 bits per heavy atom. The second-order valence-electron chi connectivity index (χ2n) is 6.17. The molecule has 0 unspecified atom stereocenters. The first-order valence-corrected chi connectivity index (χ1v) is 9.51. The third kappa shape index (κ3) is 4.83. The summed E-state index contributed by atoms with van der Waals surface area (Å²) in [4.78, 5) is 29.2. The Kier molecular flexibility index (Phi) is 6.20. The Labute approximate surface area is 167 Å². The van der Waals surface area contributed by atoms with E-state index in [-0.39, 0.29) is 18.2 Å². The van der Waals surface area contributed by atoms with E-state index in [1.807, 2.05) is 31.2 Å². The van der Waals surface area contributed by atoms with Crippen molar-refractivity contribution >= 4 is 40.1 Å². The third-order valence-corrected chi connectivity index (χ3v) is 5.18. The first kappa shape index (κ1) is 19.8. The molecule has 0 saturated carbocycles. The first-order valence-electron chi connectivity index (χ1n) is 8.63. The van der Waals surface area contributed by atoms with Gasteiger partial charge in [-0.1, -0.05) is 29.5 Å². The standard InChI is InChI=1S/C20H21N3O4S/c1-12-4-6-13(7-5-12)21-20-23-18(24)11-17(28-20)19(25)22-15-9-8-14(26-2)10-16(15)27-3/h4-10,17H,11H2,1-3H3,(H,22,25)(H,21,23,24)/t17-/m0/s1. The van der Waals surface area contributed by atoms with E-state index in [0.717, 1.165) is 5.56 Å². The van der Waals surface area contributed by atoms with Crippen molar-refractivity contribution < 1.29 is 19.1 Å². The van der Waals surface area contributed by atoms with Gasteiger partial charge < -0.3 is 20.1 Å². The highest BCUT2D eigenvalue weighted by molar-refractivity contribution is 8.15. The van der Waals surface area contributed by atoms with Crippen LogP contribution in [0.4, 0.5) is 11.4 Å². The summed E-state index contributed by atoms with van der Waals surface area (Å²) in [7, 11) is 3.07. The maximum absolute atomic E-state index is 12.7. The number of benzene rings is 2. The number of amidine groups is 1. The highest BCUT2D eigenvalue weighted by Gasteiger charge is 2.30. The molecule has 0 aromatic heterocycles. The number of thioether (sulfide) groups is 1. The van der Waals surface area contributed by atoms with Crippen molar-refractivity contribution in [2.75, 3.05) is 19.5 Å². The van der Waals surface area contributed by atoms with E-state index in [2.05, 4.69) is 15.6 Å². The van der Waals surface area contributed by atoms with Crippen LogP contribution in [0.5, 0.6) is 11.5 Å². The second-order valence-corrected chi connectivity index (χ2v) is 7.36. The lowest BCUT2D eigenvalue weighted by atomic mass is 10.2. The molecule has 1 atom stereocenters. The van der Waals surface area contributed by atoms with E-state index in [0.29, 0.717) is 28.0 Å². The Bertz CT molecular complexity index is 912. The zero-order valence-corrected chi connectivity index (χ0v) is 16.6. The molecule has 2 amide bonds. The van der Waals surface area contributed by atoms with Gasteiger partial charge in [-0.15, -0.1) is 0 Å². The normalized spacial score (nSPS) is 17.8. The molecule has 7 nitrogen and oxygen atoms in total. The van der Waals surface area contributed by atoms with Crippen molar-refractivity contribution in [1.29, 1.82) is 0 Å². The second kappa shape index (κ2) is 8.79. The summed E-state index contributed by atoms with van der Waals surface area (Å²) in [6, 6.07) is 12.7. The van der Waals surface area contributed by atoms with E-state index in [1.165, 1.54) is 18.9 Å². The molecule has 2 aromatic carbocycles. The van der Waals surface area contributed by atoms with Gasteiger partial charge in [0.25, 0.3) is 0 Å². The van der Waals surface area contributed by atoms with Crippen LogP contribution >= 0.6 is 11.8 Å². The Hall–Kier alpha value is -3.00. The van der Waals surface area contributed by atoms with Crippen LogP contribution in [0.15, 0.2) is 47.5 Å². The molecule has 1 saturated heterocycles. The highest BCUT2D eigenvalue weighted by Crippen LogP contribution is 2.31. The van der Waals surface area contributed by atoms with Gasteiger partial charge in [0.2, 0.25) is 11.8 Å². The summed E-state index contributed by atoms with van der Waals surface area (Å²) in [5, 5.41) is 5.35. The predicted molar refractivity (Wildman–Crippen MR) is 111 cm³/mol. The number of hydrogen-bond acceptors (Lipinski definition) is 6. The molecule has 0 bridgehead atoms. The highest BCUT2D eigenvalue weighted by atomic mass is 32.2. The number of carbonyl (C=O) groups excluding carboxylic acids is 2. The summed E-state index contributed by atoms with van der Waals surface area (Å²) in [6.45, 7) is 1.99. The van der Waals surface area contributed by atoms with E-state index in [1.54, 1.807) is 25.3 Å². The topological polar surface area (TPSA) is 89.0 Å². The summed E-state index contributed by atoms with van der Waals surface area (Å²) in [5.74, 6) is 0.562. The minimum absolute atomic E-state index is 0.0713. The first-order chi connectivity index (χ1) is 13.5. The lowest BCUT2D eigenvalue weighted by Gasteiger charge is -2.22. The number of anilines is 1. The molecule has 28 heavy (non-hydrogen) atoms. The smallest absolute Gasteiger partial charge is 0.238 e. The van der Waals surface area contributed by atoms with E-state index < -0.39 is 5.25 Å². The van der Waals surface area contributed by atoms with Gasteiger partial charge in [0.05, 0.1) is 25.6 Å². The number of hydrogen-bond donors (Lipinski definition) is 2. The quantitative estimate of drug-likeness (QED) is 0.806. The fraction of sp³-hybridized carbons (Fsp3) is 0.250. The van der Waals surface area contributed by atoms with Crippen LogP contribution in [0.2, 0.25) is 0 Å². The minimum atomic E-state index is -0.593. The molecule has 2 aromatic rings. The molecule has 0 radical (unpaired) electrons. The van der Waals surface area contributed by atoms with Gasteiger partial charge in [0, 0.05) is 12.5 Å². The van der Waals surface area contributed by atoms with Gasteiger partial charge in [-0.05, 0) is 31.2 Å². The Morgan fingerprint density at radius 1 is 1.18 bits per heavy atom. The van der Waals surface area contributed by atoms with Gasteiger partial charge in [-0.3, -0.25) is 9.59 Å². The molecule has 1 heterocycles. The van der Waals surface area contributed by atoms with Crippen molar-refractivity contribution in [3.63, 3.8) is 0 Å². The third-order valence-electron chi connectivity index (χ3n) is 4.09. The average molecular weight is 399 g/mol. The number of rotatable bonds is 5. The summed E-state index contributed by atoms with van der Waals surface area (Å²) < 4.78 is 10.5. The molecule has 0 spiro atoms. The summed E-state index contributed by atoms with van der Waals surface area (Å²) in [5.41, 5.74) is 2.35. The van der Waals surface area contributed by atoms with Crippen molar-refractivity contribution in [3.8, 4) is 11.5 Å². The fourth-order valence-electron chi connectivity index (χ4n) is 2.60. The van der Waals surface area contributed by atoms with Crippen LogP contribution in [-0.4, -0.2) is 36.5 Å². The van der Waals surface area contributed by atoms with Crippen LogP contribution < -0.4 is 20.1 Å². The molecule has 0 aliphatic carbocycles. The van der Waals surface area contributed by atoms with E-state index in [4.69, 9.17) is 9.47 Å². The zero-order valence-electron chi connectivity index (χ0n) is 15.8. The predicted octanol–water partition coefficient (Wildman–Crippen LogP) is 3.26. The molecule has 1 aliphatic rings. The number of ether oxygens (including phenoxy) is 2. The van der Waals surface area contributed by atoms with Gasteiger partial charge in [-0.25, -0.2) is 4.99 Å². The van der Waals surface area contributed by atoms with Crippen LogP contribution in [0.25, 0.3) is 0 Å². The number of methoxy groups -OCH3 is 2. The van der Waals surface area contributed by atoms with Gasteiger partial charge >= 0.3 is 0 Å². The number of nitrogens with zero attached hydrogens (tertiary/aromatic N) is 1. The molecular weight excluding hydrogens is 378 g/mol. The van der Waals surface area contributed by atoms with E-state index >= 15 is 0 Å².